The number of nitrogens with zero attached hydrogens (tertiary/aromatic N) is 2. The third kappa shape index (κ3) is 3.72. The van der Waals surface area contributed by atoms with E-state index in [0.717, 1.165) is 18.8 Å². The number of aromatic nitrogens is 2. The van der Waals surface area contributed by atoms with Crippen molar-refractivity contribution in [3.63, 3.8) is 0 Å². The minimum Gasteiger partial charge on any atom is -0.381 e. The summed E-state index contributed by atoms with van der Waals surface area (Å²) in [5.74, 6) is 0. The van der Waals surface area contributed by atoms with Gasteiger partial charge in [-0.2, -0.15) is 5.10 Å². The molecule has 21 heavy (non-hydrogen) atoms. The van der Waals surface area contributed by atoms with Gasteiger partial charge >= 0.3 is 0 Å². The first-order valence-electron chi connectivity index (χ1n) is 7.15. The van der Waals surface area contributed by atoms with Crippen LogP contribution in [0.5, 0.6) is 0 Å². The topological polar surface area (TPSA) is 29.9 Å². The van der Waals surface area contributed by atoms with Gasteiger partial charge in [-0.1, -0.05) is 42.0 Å². The highest BCUT2D eigenvalue weighted by molar-refractivity contribution is 5.45. The minimum absolute atomic E-state index is 0.811. The molecule has 0 radical (unpaired) electrons. The van der Waals surface area contributed by atoms with Crippen molar-refractivity contribution < 1.29 is 0 Å². The van der Waals surface area contributed by atoms with Gasteiger partial charge in [0.2, 0.25) is 0 Å². The number of hydrogen-bond donors (Lipinski definition) is 1. The molecule has 3 heteroatoms. The number of nitrogens with one attached hydrogen (secondary N) is 1. The molecule has 0 aliphatic carbocycles. The second-order valence-electron chi connectivity index (χ2n) is 5.24. The van der Waals surface area contributed by atoms with E-state index in [0.29, 0.717) is 0 Å². The number of benzene rings is 2. The van der Waals surface area contributed by atoms with E-state index < -0.39 is 0 Å². The summed E-state index contributed by atoms with van der Waals surface area (Å²) in [6, 6.07) is 19.1. The summed E-state index contributed by atoms with van der Waals surface area (Å²) in [6.07, 6.45) is 3.78. The molecule has 0 aliphatic rings. The smallest absolute Gasteiger partial charge is 0.0659 e. The molecule has 0 fully saturated rings. The SMILES string of the molecule is Cc1ccc(CNc2ccc(Cn3cccn3)cc2)cc1. The maximum atomic E-state index is 4.22. The Morgan fingerprint density at radius 3 is 2.33 bits per heavy atom. The highest BCUT2D eigenvalue weighted by Crippen LogP contribution is 2.12. The summed E-state index contributed by atoms with van der Waals surface area (Å²) >= 11 is 0. The molecule has 1 aromatic heterocycles. The van der Waals surface area contributed by atoms with E-state index in [-0.39, 0.29) is 0 Å². The van der Waals surface area contributed by atoms with Gasteiger partial charge in [-0.3, -0.25) is 4.68 Å². The molecule has 0 atom stereocenters. The monoisotopic (exact) mass is 277 g/mol. The average Bonchev–Trinajstić information content (AvgIpc) is 3.01. The number of rotatable bonds is 5. The van der Waals surface area contributed by atoms with Gasteiger partial charge < -0.3 is 5.32 Å². The molecule has 0 saturated heterocycles. The lowest BCUT2D eigenvalue weighted by Crippen LogP contribution is -2.01. The molecule has 106 valence electrons. The van der Waals surface area contributed by atoms with Crippen LogP contribution in [-0.4, -0.2) is 9.78 Å². The molecule has 0 aliphatic heterocycles. The van der Waals surface area contributed by atoms with Crippen LogP contribution in [0, 0.1) is 6.92 Å². The van der Waals surface area contributed by atoms with Gasteiger partial charge in [-0.05, 0) is 36.2 Å². The van der Waals surface area contributed by atoms with Crippen molar-refractivity contribution in [1.82, 2.24) is 9.78 Å². The molecule has 0 bridgehead atoms. The van der Waals surface area contributed by atoms with E-state index in [2.05, 4.69) is 65.9 Å². The molecule has 0 amide bonds. The molecule has 3 aromatic rings. The Bertz CT molecular complexity index is 667. The fraction of sp³-hybridized carbons (Fsp3) is 0.167. The van der Waals surface area contributed by atoms with Crippen LogP contribution < -0.4 is 5.32 Å². The van der Waals surface area contributed by atoms with Crippen molar-refractivity contribution in [3.05, 3.63) is 83.7 Å². The zero-order chi connectivity index (χ0) is 14.5. The van der Waals surface area contributed by atoms with E-state index >= 15 is 0 Å². The van der Waals surface area contributed by atoms with E-state index in [9.17, 15) is 0 Å². The Hall–Kier alpha value is -2.55. The Kier molecular flexibility index (Phi) is 4.01. The fourth-order valence-corrected chi connectivity index (χ4v) is 2.22. The van der Waals surface area contributed by atoms with Crippen LogP contribution in [0.1, 0.15) is 16.7 Å². The standard InChI is InChI=1S/C18H19N3/c1-15-3-5-16(6-4-15)13-19-18-9-7-17(8-10-18)14-21-12-2-11-20-21/h2-12,19H,13-14H2,1H3. The lowest BCUT2D eigenvalue weighted by molar-refractivity contribution is 0.687. The summed E-state index contributed by atoms with van der Waals surface area (Å²) in [5.41, 5.74) is 4.97. The number of aryl methyl sites for hydroxylation is 1. The van der Waals surface area contributed by atoms with Crippen molar-refractivity contribution in [1.29, 1.82) is 0 Å². The molecular weight excluding hydrogens is 258 g/mol. The molecule has 0 spiro atoms. The van der Waals surface area contributed by atoms with Gasteiger partial charge in [0.15, 0.2) is 0 Å². The second-order valence-corrected chi connectivity index (χ2v) is 5.24. The van der Waals surface area contributed by atoms with E-state index in [1.807, 2.05) is 16.9 Å². The van der Waals surface area contributed by atoms with Crippen LogP contribution >= 0.6 is 0 Å². The summed E-state index contributed by atoms with van der Waals surface area (Å²) in [7, 11) is 0. The normalized spacial score (nSPS) is 10.5. The van der Waals surface area contributed by atoms with Gasteiger partial charge in [0.05, 0.1) is 6.54 Å². The van der Waals surface area contributed by atoms with Crippen LogP contribution in [-0.2, 0) is 13.1 Å². The minimum atomic E-state index is 0.811. The van der Waals surface area contributed by atoms with E-state index in [1.54, 1.807) is 6.20 Å². The van der Waals surface area contributed by atoms with Crippen molar-refractivity contribution >= 4 is 5.69 Å². The van der Waals surface area contributed by atoms with Gasteiger partial charge in [-0.15, -0.1) is 0 Å². The predicted octanol–water partition coefficient (Wildman–Crippen LogP) is 3.85. The maximum Gasteiger partial charge on any atom is 0.0659 e. The van der Waals surface area contributed by atoms with Crippen LogP contribution in [0.4, 0.5) is 5.69 Å². The first-order valence-corrected chi connectivity index (χ1v) is 7.15. The van der Waals surface area contributed by atoms with Crippen LogP contribution in [0.2, 0.25) is 0 Å². The van der Waals surface area contributed by atoms with Gasteiger partial charge in [-0.25, -0.2) is 0 Å². The van der Waals surface area contributed by atoms with Gasteiger partial charge in [0.1, 0.15) is 0 Å². The molecule has 2 aromatic carbocycles. The molecule has 0 saturated carbocycles. The summed E-state index contributed by atoms with van der Waals surface area (Å²) in [5, 5.41) is 7.66. The molecule has 3 nitrogen and oxygen atoms in total. The Balaban J connectivity index is 1.58. The molecule has 3 rings (SSSR count). The zero-order valence-electron chi connectivity index (χ0n) is 12.2. The Morgan fingerprint density at radius 1 is 0.952 bits per heavy atom. The zero-order valence-corrected chi connectivity index (χ0v) is 12.2. The average molecular weight is 277 g/mol. The number of anilines is 1. The molecule has 1 heterocycles. The predicted molar refractivity (Wildman–Crippen MR) is 86.3 cm³/mol. The third-order valence-electron chi connectivity index (χ3n) is 3.47. The second kappa shape index (κ2) is 6.27. The first-order chi connectivity index (χ1) is 10.3. The lowest BCUT2D eigenvalue weighted by Gasteiger charge is -2.08. The molecule has 1 N–H and O–H groups in total. The highest BCUT2D eigenvalue weighted by atomic mass is 15.3. The van der Waals surface area contributed by atoms with Crippen molar-refractivity contribution in [3.8, 4) is 0 Å². The third-order valence-corrected chi connectivity index (χ3v) is 3.47. The van der Waals surface area contributed by atoms with Gasteiger partial charge in [0, 0.05) is 24.6 Å². The van der Waals surface area contributed by atoms with Crippen molar-refractivity contribution in [2.24, 2.45) is 0 Å². The fourth-order valence-electron chi connectivity index (χ4n) is 2.22. The van der Waals surface area contributed by atoms with Crippen molar-refractivity contribution in [2.75, 3.05) is 5.32 Å². The van der Waals surface area contributed by atoms with E-state index in [1.165, 1.54) is 16.7 Å². The quantitative estimate of drug-likeness (QED) is 0.767. The summed E-state index contributed by atoms with van der Waals surface area (Å²) in [6.45, 7) is 3.76. The first kappa shape index (κ1) is 13.4. The van der Waals surface area contributed by atoms with Crippen LogP contribution in [0.3, 0.4) is 0 Å². The highest BCUT2D eigenvalue weighted by Gasteiger charge is 1.97. The molecule has 0 unspecified atom stereocenters. The summed E-state index contributed by atoms with van der Waals surface area (Å²) < 4.78 is 1.93. The lowest BCUT2D eigenvalue weighted by atomic mass is 10.1. The Labute approximate surface area is 125 Å². The van der Waals surface area contributed by atoms with Crippen LogP contribution in [0.15, 0.2) is 67.0 Å². The molecular formula is C18H19N3. The van der Waals surface area contributed by atoms with Crippen LogP contribution in [0.25, 0.3) is 0 Å². The van der Waals surface area contributed by atoms with Gasteiger partial charge in [0.25, 0.3) is 0 Å². The Morgan fingerprint density at radius 2 is 1.67 bits per heavy atom. The largest absolute Gasteiger partial charge is 0.381 e. The number of hydrogen-bond acceptors (Lipinski definition) is 2. The van der Waals surface area contributed by atoms with Crippen molar-refractivity contribution in [2.45, 2.75) is 20.0 Å². The summed E-state index contributed by atoms with van der Waals surface area (Å²) in [4.78, 5) is 0. The maximum absolute atomic E-state index is 4.22. The van der Waals surface area contributed by atoms with E-state index in [4.69, 9.17) is 0 Å².